The number of hydrogen-bond donors (Lipinski definition) is 1. The second-order valence-electron chi connectivity index (χ2n) is 5.54. The van der Waals surface area contributed by atoms with Crippen molar-refractivity contribution in [1.82, 2.24) is 10.2 Å². The number of amides is 1. The standard InChI is InChI=1S/C17H24FN3O3/c1-23-11-12-24-17(19-7-10-21-8-2-3-9-21)20-16(22)14-5-4-6-15(18)13-14/h4-6,13H,2-3,7-12H2,1H3,(H,19,20,22). The van der Waals surface area contributed by atoms with Crippen molar-refractivity contribution in [3.63, 3.8) is 0 Å². The lowest BCUT2D eigenvalue weighted by molar-refractivity contribution is 0.0953. The normalized spacial score (nSPS) is 15.5. The van der Waals surface area contributed by atoms with E-state index in [1.807, 2.05) is 0 Å². The Bertz CT molecular complexity index is 560. The molecule has 132 valence electrons. The van der Waals surface area contributed by atoms with Gasteiger partial charge in [-0.15, -0.1) is 0 Å². The second-order valence-corrected chi connectivity index (χ2v) is 5.54. The molecular weight excluding hydrogens is 313 g/mol. The van der Waals surface area contributed by atoms with Crippen LogP contribution in [0, 0.1) is 5.82 Å². The van der Waals surface area contributed by atoms with Crippen LogP contribution < -0.4 is 5.32 Å². The van der Waals surface area contributed by atoms with E-state index < -0.39 is 11.7 Å². The molecule has 1 aromatic carbocycles. The second kappa shape index (κ2) is 10.00. The first-order chi connectivity index (χ1) is 11.7. The minimum Gasteiger partial charge on any atom is -0.463 e. The number of nitrogens with one attached hydrogen (secondary N) is 1. The van der Waals surface area contributed by atoms with Gasteiger partial charge in [-0.05, 0) is 44.1 Å². The fraction of sp³-hybridized carbons (Fsp3) is 0.529. The molecule has 1 aliphatic rings. The smallest absolute Gasteiger partial charge is 0.291 e. The van der Waals surface area contributed by atoms with E-state index in [-0.39, 0.29) is 18.2 Å². The maximum absolute atomic E-state index is 13.2. The van der Waals surface area contributed by atoms with Crippen LogP contribution in [-0.4, -0.2) is 63.3 Å². The quantitative estimate of drug-likeness (QED) is 0.467. The van der Waals surface area contributed by atoms with Crippen molar-refractivity contribution in [2.24, 2.45) is 4.99 Å². The molecule has 1 heterocycles. The maximum Gasteiger partial charge on any atom is 0.291 e. The van der Waals surface area contributed by atoms with Gasteiger partial charge in [-0.25, -0.2) is 9.38 Å². The molecule has 0 saturated carbocycles. The molecule has 2 rings (SSSR count). The Morgan fingerprint density at radius 1 is 1.33 bits per heavy atom. The zero-order valence-electron chi connectivity index (χ0n) is 14.0. The van der Waals surface area contributed by atoms with Crippen LogP contribution in [0.15, 0.2) is 29.3 Å². The van der Waals surface area contributed by atoms with Gasteiger partial charge in [-0.2, -0.15) is 0 Å². The molecule has 6 nitrogen and oxygen atoms in total. The summed E-state index contributed by atoms with van der Waals surface area (Å²) in [6, 6.07) is 5.62. The summed E-state index contributed by atoms with van der Waals surface area (Å²) in [6.07, 6.45) is 2.44. The number of hydrogen-bond acceptors (Lipinski definition) is 5. The third-order valence-electron chi connectivity index (χ3n) is 3.70. The lowest BCUT2D eigenvalue weighted by atomic mass is 10.2. The highest BCUT2D eigenvalue weighted by molar-refractivity contribution is 6.04. The van der Waals surface area contributed by atoms with E-state index in [4.69, 9.17) is 9.47 Å². The van der Waals surface area contributed by atoms with Crippen molar-refractivity contribution >= 4 is 11.9 Å². The third kappa shape index (κ3) is 6.25. The largest absolute Gasteiger partial charge is 0.463 e. The summed E-state index contributed by atoms with van der Waals surface area (Å²) in [5.41, 5.74) is 0.220. The first kappa shape index (κ1) is 18.4. The summed E-state index contributed by atoms with van der Waals surface area (Å²) in [4.78, 5) is 18.8. The molecule has 1 fully saturated rings. The Balaban J connectivity index is 1.91. The van der Waals surface area contributed by atoms with Crippen LogP contribution in [0.4, 0.5) is 4.39 Å². The number of halogens is 1. The number of benzene rings is 1. The Kier molecular flexibility index (Phi) is 7.64. The highest BCUT2D eigenvalue weighted by Gasteiger charge is 2.13. The average Bonchev–Trinajstić information content (AvgIpc) is 3.08. The maximum atomic E-state index is 13.2. The van der Waals surface area contributed by atoms with Crippen LogP contribution in [0.25, 0.3) is 0 Å². The van der Waals surface area contributed by atoms with E-state index in [1.165, 1.54) is 37.1 Å². The molecule has 0 unspecified atom stereocenters. The first-order valence-electron chi connectivity index (χ1n) is 8.14. The molecule has 24 heavy (non-hydrogen) atoms. The van der Waals surface area contributed by atoms with E-state index in [9.17, 15) is 9.18 Å². The van der Waals surface area contributed by atoms with E-state index in [2.05, 4.69) is 15.2 Å². The van der Waals surface area contributed by atoms with E-state index in [0.717, 1.165) is 19.6 Å². The number of likely N-dealkylation sites (tertiary alicyclic amines) is 1. The number of carbonyl (C=O) groups excluding carboxylic acids is 1. The SMILES string of the molecule is COCCOC(=NCCN1CCCC1)NC(=O)c1cccc(F)c1. The minimum absolute atomic E-state index is 0.139. The minimum atomic E-state index is -0.463. The van der Waals surface area contributed by atoms with Crippen LogP contribution in [-0.2, 0) is 9.47 Å². The molecule has 1 N–H and O–H groups in total. The number of aliphatic imine (C=N–C) groups is 1. The summed E-state index contributed by atoms with van der Waals surface area (Å²) in [5, 5.41) is 2.59. The molecule has 1 amide bonds. The molecule has 0 spiro atoms. The number of amidine groups is 1. The van der Waals surface area contributed by atoms with Gasteiger partial charge in [0.1, 0.15) is 12.4 Å². The van der Waals surface area contributed by atoms with Crippen LogP contribution in [0.3, 0.4) is 0 Å². The van der Waals surface area contributed by atoms with E-state index >= 15 is 0 Å². The van der Waals surface area contributed by atoms with Gasteiger partial charge in [0.15, 0.2) is 0 Å². The zero-order valence-corrected chi connectivity index (χ0v) is 14.0. The monoisotopic (exact) mass is 337 g/mol. The average molecular weight is 337 g/mol. The van der Waals surface area contributed by atoms with E-state index in [1.54, 1.807) is 7.11 Å². The lowest BCUT2D eigenvalue weighted by Crippen LogP contribution is -2.34. The number of nitrogens with zero attached hydrogens (tertiary/aromatic N) is 2. The van der Waals surface area contributed by atoms with Crippen molar-refractivity contribution in [2.75, 3.05) is 46.5 Å². The zero-order chi connectivity index (χ0) is 17.2. The molecule has 0 atom stereocenters. The van der Waals surface area contributed by atoms with Gasteiger partial charge < -0.3 is 14.4 Å². The van der Waals surface area contributed by atoms with Gasteiger partial charge in [0.2, 0.25) is 0 Å². The molecule has 7 heteroatoms. The lowest BCUT2D eigenvalue weighted by Gasteiger charge is -2.14. The van der Waals surface area contributed by atoms with E-state index in [0.29, 0.717) is 13.2 Å². The predicted octanol–water partition coefficient (Wildman–Crippen LogP) is 1.67. The van der Waals surface area contributed by atoms with Crippen molar-refractivity contribution < 1.29 is 18.7 Å². The predicted molar refractivity (Wildman–Crippen MR) is 89.7 cm³/mol. The molecular formula is C17H24FN3O3. The van der Waals surface area contributed by atoms with Crippen LogP contribution in [0.1, 0.15) is 23.2 Å². The highest BCUT2D eigenvalue weighted by Crippen LogP contribution is 2.06. The molecule has 0 aromatic heterocycles. The fourth-order valence-electron chi connectivity index (χ4n) is 2.44. The Morgan fingerprint density at radius 3 is 2.83 bits per heavy atom. The molecule has 0 radical (unpaired) electrons. The van der Waals surface area contributed by atoms with Crippen LogP contribution >= 0.6 is 0 Å². The van der Waals surface area contributed by atoms with Gasteiger partial charge in [0, 0.05) is 19.2 Å². The van der Waals surface area contributed by atoms with Gasteiger partial charge >= 0.3 is 0 Å². The van der Waals surface area contributed by atoms with Crippen molar-refractivity contribution in [3.8, 4) is 0 Å². The molecule has 0 aliphatic carbocycles. The summed E-state index contributed by atoms with van der Waals surface area (Å²) >= 11 is 0. The first-order valence-corrected chi connectivity index (χ1v) is 8.14. The van der Waals surface area contributed by atoms with Crippen molar-refractivity contribution in [1.29, 1.82) is 0 Å². The summed E-state index contributed by atoms with van der Waals surface area (Å²) in [7, 11) is 1.57. The molecule has 1 saturated heterocycles. The summed E-state index contributed by atoms with van der Waals surface area (Å²) in [6.45, 7) is 4.21. The van der Waals surface area contributed by atoms with Gasteiger partial charge in [-0.1, -0.05) is 6.07 Å². The Labute approximate surface area is 141 Å². The topological polar surface area (TPSA) is 63.2 Å². The number of rotatable bonds is 7. The van der Waals surface area contributed by atoms with Gasteiger partial charge in [-0.3, -0.25) is 10.1 Å². The number of ether oxygens (including phenoxy) is 2. The third-order valence-corrected chi connectivity index (χ3v) is 3.70. The van der Waals surface area contributed by atoms with Crippen molar-refractivity contribution in [2.45, 2.75) is 12.8 Å². The Morgan fingerprint density at radius 2 is 2.12 bits per heavy atom. The Hall–Kier alpha value is -1.99. The summed E-state index contributed by atoms with van der Waals surface area (Å²) < 4.78 is 23.6. The van der Waals surface area contributed by atoms with Crippen LogP contribution in [0.2, 0.25) is 0 Å². The molecule has 1 aliphatic heterocycles. The highest BCUT2D eigenvalue weighted by atomic mass is 19.1. The number of carbonyl (C=O) groups is 1. The molecule has 1 aromatic rings. The van der Waals surface area contributed by atoms with Gasteiger partial charge in [0.05, 0.1) is 13.2 Å². The van der Waals surface area contributed by atoms with Gasteiger partial charge in [0.25, 0.3) is 11.9 Å². The van der Waals surface area contributed by atoms with Crippen molar-refractivity contribution in [3.05, 3.63) is 35.6 Å². The molecule has 0 bridgehead atoms. The summed E-state index contributed by atoms with van der Waals surface area (Å²) in [5.74, 6) is -0.915. The van der Waals surface area contributed by atoms with Crippen LogP contribution in [0.5, 0.6) is 0 Å². The fourth-order valence-corrected chi connectivity index (χ4v) is 2.44. The number of methoxy groups -OCH3 is 1.